The number of benzene rings is 1. The average molecular weight is 422 g/mol. The zero-order valence-corrected chi connectivity index (χ0v) is 18.8. The van der Waals surface area contributed by atoms with Gasteiger partial charge in [-0.2, -0.15) is 0 Å². The van der Waals surface area contributed by atoms with Crippen LogP contribution in [-0.2, 0) is 17.9 Å². The highest BCUT2D eigenvalue weighted by atomic mass is 16.3. The van der Waals surface area contributed by atoms with Crippen molar-refractivity contribution in [2.24, 2.45) is 0 Å². The molecule has 1 aromatic carbocycles. The molecule has 7 heteroatoms. The second-order valence-electron chi connectivity index (χ2n) is 8.36. The standard InChI is InChI=1S/C24H31N5O2/c1-16-19-9-5-6-11-21(19)31-22(16)15-29-12-8-7-10-20(29)24-26-18(13-23(25-3)27-24)14-28(4)17(2)30/h5-6,9,11,13,20H,7-8,10,12,14-15H2,1-4H3,(H,25,26,27)/t20-/m1/s1. The number of aryl methyl sites for hydroxylation is 1. The Morgan fingerprint density at radius 2 is 2.10 bits per heavy atom. The fourth-order valence-electron chi connectivity index (χ4n) is 4.26. The van der Waals surface area contributed by atoms with Gasteiger partial charge in [-0.05, 0) is 37.9 Å². The molecule has 7 nitrogen and oxygen atoms in total. The van der Waals surface area contributed by atoms with Gasteiger partial charge in [0.1, 0.15) is 23.0 Å². The molecule has 1 amide bonds. The maximum absolute atomic E-state index is 11.7. The lowest BCUT2D eigenvalue weighted by Crippen LogP contribution is -2.34. The number of para-hydroxylation sites is 1. The van der Waals surface area contributed by atoms with E-state index in [1.54, 1.807) is 18.9 Å². The molecule has 4 rings (SSSR count). The molecule has 0 aliphatic carbocycles. The van der Waals surface area contributed by atoms with Crippen molar-refractivity contribution in [1.82, 2.24) is 19.8 Å². The summed E-state index contributed by atoms with van der Waals surface area (Å²) in [6, 6.07) is 10.2. The highest BCUT2D eigenvalue weighted by Crippen LogP contribution is 2.33. The Labute approximate surface area is 183 Å². The van der Waals surface area contributed by atoms with Crippen LogP contribution in [0.1, 0.15) is 55.1 Å². The summed E-state index contributed by atoms with van der Waals surface area (Å²) < 4.78 is 6.19. The number of furan rings is 1. The van der Waals surface area contributed by atoms with Gasteiger partial charge in [0.15, 0.2) is 0 Å². The van der Waals surface area contributed by atoms with Crippen LogP contribution < -0.4 is 5.32 Å². The summed E-state index contributed by atoms with van der Waals surface area (Å²) >= 11 is 0. The van der Waals surface area contributed by atoms with Crippen LogP contribution in [-0.4, -0.2) is 46.3 Å². The van der Waals surface area contributed by atoms with Crippen molar-refractivity contribution in [1.29, 1.82) is 0 Å². The molecule has 0 saturated carbocycles. The summed E-state index contributed by atoms with van der Waals surface area (Å²) in [5, 5.41) is 4.32. The van der Waals surface area contributed by atoms with Crippen LogP contribution in [0.25, 0.3) is 11.0 Å². The number of anilines is 1. The minimum atomic E-state index is 0.0193. The summed E-state index contributed by atoms with van der Waals surface area (Å²) in [5.41, 5.74) is 2.98. The van der Waals surface area contributed by atoms with Gasteiger partial charge in [-0.25, -0.2) is 9.97 Å². The fourth-order valence-corrected chi connectivity index (χ4v) is 4.26. The number of rotatable bonds is 6. The van der Waals surface area contributed by atoms with Gasteiger partial charge >= 0.3 is 0 Å². The molecule has 0 unspecified atom stereocenters. The van der Waals surface area contributed by atoms with Gasteiger partial charge in [0.05, 0.1) is 24.8 Å². The molecule has 0 radical (unpaired) electrons. The van der Waals surface area contributed by atoms with Crippen molar-refractivity contribution in [2.45, 2.75) is 52.2 Å². The molecule has 2 aromatic heterocycles. The molecule has 1 aliphatic heterocycles. The monoisotopic (exact) mass is 421 g/mol. The number of carbonyl (C=O) groups excluding carboxylic acids is 1. The van der Waals surface area contributed by atoms with Crippen LogP contribution in [0.4, 0.5) is 5.82 Å². The predicted octanol–water partition coefficient (Wildman–Crippen LogP) is 4.28. The molecular formula is C24H31N5O2. The maximum atomic E-state index is 11.7. The van der Waals surface area contributed by atoms with E-state index < -0.39 is 0 Å². The summed E-state index contributed by atoms with van der Waals surface area (Å²) in [4.78, 5) is 25.5. The van der Waals surface area contributed by atoms with Gasteiger partial charge in [0, 0.05) is 32.5 Å². The number of piperidine rings is 1. The van der Waals surface area contributed by atoms with Crippen LogP contribution in [0.2, 0.25) is 0 Å². The molecule has 31 heavy (non-hydrogen) atoms. The number of nitrogens with zero attached hydrogens (tertiary/aromatic N) is 4. The van der Waals surface area contributed by atoms with Crippen LogP contribution >= 0.6 is 0 Å². The van der Waals surface area contributed by atoms with Crippen LogP contribution in [0, 0.1) is 6.92 Å². The zero-order valence-electron chi connectivity index (χ0n) is 18.8. The molecular weight excluding hydrogens is 390 g/mol. The second kappa shape index (κ2) is 9.06. The molecule has 1 atom stereocenters. The molecule has 1 N–H and O–H groups in total. The number of hydrogen-bond acceptors (Lipinski definition) is 6. The quantitative estimate of drug-likeness (QED) is 0.640. The lowest BCUT2D eigenvalue weighted by atomic mass is 10.0. The Bertz CT molecular complexity index is 1080. The van der Waals surface area contributed by atoms with E-state index >= 15 is 0 Å². The summed E-state index contributed by atoms with van der Waals surface area (Å²) in [6.45, 7) is 5.89. The van der Waals surface area contributed by atoms with E-state index in [1.165, 1.54) is 10.9 Å². The number of likely N-dealkylation sites (tertiary alicyclic amines) is 1. The molecule has 1 aliphatic rings. The van der Waals surface area contributed by atoms with Crippen molar-refractivity contribution in [3.05, 3.63) is 53.2 Å². The first kappa shape index (κ1) is 21.3. The van der Waals surface area contributed by atoms with Gasteiger partial charge < -0.3 is 14.6 Å². The van der Waals surface area contributed by atoms with Crippen LogP contribution in [0.15, 0.2) is 34.7 Å². The van der Waals surface area contributed by atoms with Gasteiger partial charge in [0.25, 0.3) is 0 Å². The Hall–Kier alpha value is -2.93. The number of amides is 1. The Kier molecular flexibility index (Phi) is 6.23. The second-order valence-corrected chi connectivity index (χ2v) is 8.36. The summed E-state index contributed by atoms with van der Waals surface area (Å²) in [5.74, 6) is 2.62. The topological polar surface area (TPSA) is 74.5 Å². The number of fused-ring (bicyclic) bond motifs is 1. The molecule has 1 fully saturated rings. The van der Waals surface area contributed by atoms with Crippen molar-refractivity contribution < 1.29 is 9.21 Å². The minimum Gasteiger partial charge on any atom is -0.459 e. The third-order valence-corrected chi connectivity index (χ3v) is 6.19. The minimum absolute atomic E-state index is 0.0193. The normalized spacial score (nSPS) is 17.1. The first-order valence-electron chi connectivity index (χ1n) is 10.9. The molecule has 164 valence electrons. The van der Waals surface area contributed by atoms with E-state index in [0.717, 1.165) is 61.0 Å². The molecule has 0 spiro atoms. The molecule has 1 saturated heterocycles. The maximum Gasteiger partial charge on any atom is 0.219 e. The SMILES string of the molecule is CNc1cc(CN(C)C(C)=O)nc([C@H]2CCCCN2Cc2oc3ccccc3c2C)n1. The predicted molar refractivity (Wildman–Crippen MR) is 122 cm³/mol. The van der Waals surface area contributed by atoms with Crippen molar-refractivity contribution in [3.63, 3.8) is 0 Å². The van der Waals surface area contributed by atoms with E-state index in [9.17, 15) is 4.79 Å². The third-order valence-electron chi connectivity index (χ3n) is 6.19. The van der Waals surface area contributed by atoms with E-state index in [-0.39, 0.29) is 11.9 Å². The third kappa shape index (κ3) is 4.56. The largest absolute Gasteiger partial charge is 0.459 e. The van der Waals surface area contributed by atoms with Gasteiger partial charge in [-0.3, -0.25) is 9.69 Å². The lowest BCUT2D eigenvalue weighted by Gasteiger charge is -2.34. The van der Waals surface area contributed by atoms with Crippen LogP contribution in [0.5, 0.6) is 0 Å². The van der Waals surface area contributed by atoms with Gasteiger partial charge in [-0.1, -0.05) is 24.6 Å². The van der Waals surface area contributed by atoms with Crippen molar-refractivity contribution >= 4 is 22.7 Å². The average Bonchev–Trinajstić information content (AvgIpc) is 3.09. The molecule has 3 aromatic rings. The van der Waals surface area contributed by atoms with Crippen molar-refractivity contribution in [3.8, 4) is 0 Å². The molecule has 0 bridgehead atoms. The Balaban J connectivity index is 1.63. The van der Waals surface area contributed by atoms with E-state index in [4.69, 9.17) is 14.4 Å². The van der Waals surface area contributed by atoms with E-state index in [0.29, 0.717) is 6.54 Å². The summed E-state index contributed by atoms with van der Waals surface area (Å²) in [7, 11) is 3.65. The Morgan fingerprint density at radius 3 is 2.84 bits per heavy atom. The molecule has 3 heterocycles. The van der Waals surface area contributed by atoms with Gasteiger partial charge in [-0.15, -0.1) is 0 Å². The Morgan fingerprint density at radius 1 is 1.29 bits per heavy atom. The number of carbonyl (C=O) groups is 1. The van der Waals surface area contributed by atoms with Crippen LogP contribution in [0.3, 0.4) is 0 Å². The zero-order chi connectivity index (χ0) is 22.0. The van der Waals surface area contributed by atoms with Gasteiger partial charge in [0.2, 0.25) is 5.91 Å². The lowest BCUT2D eigenvalue weighted by molar-refractivity contribution is -0.128. The first-order chi connectivity index (χ1) is 15.0. The highest BCUT2D eigenvalue weighted by molar-refractivity contribution is 5.81. The van der Waals surface area contributed by atoms with Crippen molar-refractivity contribution in [2.75, 3.05) is 26.0 Å². The van der Waals surface area contributed by atoms with E-state index in [1.807, 2.05) is 25.2 Å². The number of hydrogen-bond donors (Lipinski definition) is 1. The number of nitrogens with one attached hydrogen (secondary N) is 1. The van der Waals surface area contributed by atoms with E-state index in [2.05, 4.69) is 29.3 Å². The first-order valence-corrected chi connectivity index (χ1v) is 10.9. The highest BCUT2D eigenvalue weighted by Gasteiger charge is 2.28. The number of aromatic nitrogens is 2. The fraction of sp³-hybridized carbons (Fsp3) is 0.458. The smallest absolute Gasteiger partial charge is 0.219 e. The summed E-state index contributed by atoms with van der Waals surface area (Å²) in [6.07, 6.45) is 3.31.